The van der Waals surface area contributed by atoms with Crippen molar-refractivity contribution in [3.05, 3.63) is 76.7 Å². The molecule has 0 bridgehead atoms. The van der Waals surface area contributed by atoms with Crippen LogP contribution >= 0.6 is 11.3 Å². The topological polar surface area (TPSA) is 58.1 Å². The number of hydrogen-bond donors (Lipinski definition) is 1. The third-order valence-corrected chi connectivity index (χ3v) is 6.05. The fraction of sp³-hybridized carbons (Fsp3) is 0.208. The summed E-state index contributed by atoms with van der Waals surface area (Å²) in [6.07, 6.45) is 2.59. The molecule has 2 aromatic heterocycles. The molecule has 2 aromatic carbocycles. The second kappa shape index (κ2) is 8.34. The summed E-state index contributed by atoms with van der Waals surface area (Å²) in [5.74, 6) is -0.219. The zero-order valence-corrected chi connectivity index (χ0v) is 17.4. The Bertz CT molecular complexity index is 1180. The van der Waals surface area contributed by atoms with Crippen molar-refractivity contribution in [3.63, 3.8) is 0 Å². The highest BCUT2D eigenvalue weighted by atomic mass is 32.1. The monoisotopic (exact) mass is 414 g/mol. The van der Waals surface area contributed by atoms with Gasteiger partial charge in [0.25, 0.3) is 5.91 Å². The molecule has 0 unspecified atom stereocenters. The number of nitrogens with zero attached hydrogens (tertiary/aromatic N) is 3. The first kappa shape index (κ1) is 18.9. The maximum Gasteiger partial charge on any atom is 0.275 e. The Morgan fingerprint density at radius 2 is 1.93 bits per heavy atom. The minimum absolute atomic E-state index is 0.219. The number of carbonyl (C=O) groups excluding carboxylic acids is 1. The lowest BCUT2D eigenvalue weighted by Gasteiger charge is -2.15. The molecule has 1 aliphatic heterocycles. The van der Waals surface area contributed by atoms with Crippen LogP contribution in [0, 0.1) is 0 Å². The van der Waals surface area contributed by atoms with Crippen LogP contribution in [0.5, 0.6) is 0 Å². The van der Waals surface area contributed by atoms with Crippen molar-refractivity contribution >= 4 is 33.8 Å². The van der Waals surface area contributed by atoms with E-state index in [1.54, 1.807) is 10.9 Å². The molecule has 0 radical (unpaired) electrons. The Morgan fingerprint density at radius 1 is 1.07 bits per heavy atom. The van der Waals surface area contributed by atoms with Crippen molar-refractivity contribution in [1.29, 1.82) is 0 Å². The van der Waals surface area contributed by atoms with Gasteiger partial charge in [-0.05, 0) is 49.7 Å². The maximum absolute atomic E-state index is 12.5. The molecule has 0 aliphatic carbocycles. The van der Waals surface area contributed by atoms with Gasteiger partial charge in [0.05, 0.1) is 22.4 Å². The van der Waals surface area contributed by atoms with Crippen LogP contribution in [0.2, 0.25) is 0 Å². The molecule has 1 amide bonds. The predicted octanol–water partition coefficient (Wildman–Crippen LogP) is 5.21. The van der Waals surface area contributed by atoms with Crippen molar-refractivity contribution in [2.75, 3.05) is 18.4 Å². The van der Waals surface area contributed by atoms with E-state index in [1.165, 1.54) is 42.8 Å². The van der Waals surface area contributed by atoms with Gasteiger partial charge in [-0.1, -0.05) is 36.4 Å². The quantitative estimate of drug-likeness (QED) is 0.487. The molecule has 0 saturated carbocycles. The number of benzene rings is 2. The van der Waals surface area contributed by atoms with E-state index >= 15 is 0 Å². The lowest BCUT2D eigenvalue weighted by atomic mass is 10.1. The number of fused-ring (bicyclic) bond motifs is 1. The second-order valence-electron chi connectivity index (χ2n) is 7.59. The van der Waals surface area contributed by atoms with Gasteiger partial charge in [-0.3, -0.25) is 9.69 Å². The third-order valence-electron chi connectivity index (χ3n) is 5.46. The van der Waals surface area contributed by atoms with E-state index in [0.717, 1.165) is 28.7 Å². The summed E-state index contributed by atoms with van der Waals surface area (Å²) >= 11 is 1.40. The highest BCUT2D eigenvalue weighted by Gasteiger charge is 2.14. The first-order valence-corrected chi connectivity index (χ1v) is 11.1. The summed E-state index contributed by atoms with van der Waals surface area (Å²) in [4.78, 5) is 24.0. The van der Waals surface area contributed by atoms with Crippen LogP contribution in [0.15, 0.2) is 65.5 Å². The first-order valence-electron chi connectivity index (χ1n) is 10.2. The minimum atomic E-state index is -0.219. The number of anilines is 1. The molecule has 1 aliphatic rings. The predicted molar refractivity (Wildman–Crippen MR) is 122 cm³/mol. The Kier molecular flexibility index (Phi) is 5.26. The number of amides is 1. The molecular weight excluding hydrogens is 392 g/mol. The number of rotatable bonds is 5. The Hall–Kier alpha value is -3.09. The van der Waals surface area contributed by atoms with Gasteiger partial charge >= 0.3 is 0 Å². The van der Waals surface area contributed by atoms with E-state index in [2.05, 4.69) is 45.5 Å². The van der Waals surface area contributed by atoms with E-state index in [-0.39, 0.29) is 5.91 Å². The van der Waals surface area contributed by atoms with E-state index in [1.807, 2.05) is 24.3 Å². The Balaban J connectivity index is 1.46. The zero-order valence-electron chi connectivity index (χ0n) is 16.5. The summed E-state index contributed by atoms with van der Waals surface area (Å²) < 4.78 is 0. The molecule has 4 aromatic rings. The van der Waals surface area contributed by atoms with E-state index in [0.29, 0.717) is 11.4 Å². The van der Waals surface area contributed by atoms with Crippen LogP contribution in [0.1, 0.15) is 28.9 Å². The molecule has 0 atom stereocenters. The Labute approximate surface area is 179 Å². The SMILES string of the molecule is O=C(Nc1cccc2ccc(-c3cccc(CN4CCCC4)c3)nc12)c1cscn1. The normalized spacial score (nSPS) is 14.3. The average Bonchev–Trinajstić information content (AvgIpc) is 3.48. The van der Waals surface area contributed by atoms with Crippen molar-refractivity contribution in [1.82, 2.24) is 14.9 Å². The van der Waals surface area contributed by atoms with Crippen LogP contribution in [0.25, 0.3) is 22.2 Å². The van der Waals surface area contributed by atoms with Crippen molar-refractivity contribution < 1.29 is 4.79 Å². The molecule has 1 fully saturated rings. The molecule has 30 heavy (non-hydrogen) atoms. The highest BCUT2D eigenvalue weighted by molar-refractivity contribution is 7.07. The summed E-state index contributed by atoms with van der Waals surface area (Å²) in [6, 6.07) is 18.5. The van der Waals surface area contributed by atoms with Gasteiger partial charge < -0.3 is 5.32 Å². The minimum Gasteiger partial charge on any atom is -0.319 e. The average molecular weight is 415 g/mol. The van der Waals surface area contributed by atoms with Crippen LogP contribution in [0.3, 0.4) is 0 Å². The van der Waals surface area contributed by atoms with Crippen molar-refractivity contribution in [2.24, 2.45) is 0 Å². The van der Waals surface area contributed by atoms with E-state index < -0.39 is 0 Å². The summed E-state index contributed by atoms with van der Waals surface area (Å²) in [5.41, 5.74) is 6.85. The molecule has 150 valence electrons. The number of carbonyl (C=O) groups is 1. The van der Waals surface area contributed by atoms with Gasteiger partial charge in [-0.15, -0.1) is 11.3 Å². The van der Waals surface area contributed by atoms with Gasteiger partial charge in [-0.2, -0.15) is 0 Å². The van der Waals surface area contributed by atoms with Crippen LogP contribution in [-0.4, -0.2) is 33.9 Å². The first-order chi connectivity index (χ1) is 14.8. The molecule has 1 N–H and O–H groups in total. The molecule has 5 rings (SSSR count). The lowest BCUT2D eigenvalue weighted by Crippen LogP contribution is -2.18. The number of hydrogen-bond acceptors (Lipinski definition) is 5. The third kappa shape index (κ3) is 3.97. The Morgan fingerprint density at radius 3 is 2.77 bits per heavy atom. The molecule has 6 heteroatoms. The number of thiazole rings is 1. The molecular formula is C24H22N4OS. The summed E-state index contributed by atoms with van der Waals surface area (Å²) in [6.45, 7) is 3.34. The van der Waals surface area contributed by atoms with Gasteiger partial charge in [0, 0.05) is 22.9 Å². The van der Waals surface area contributed by atoms with Gasteiger partial charge in [0.2, 0.25) is 0 Å². The van der Waals surface area contributed by atoms with Crippen molar-refractivity contribution in [2.45, 2.75) is 19.4 Å². The molecule has 0 spiro atoms. The maximum atomic E-state index is 12.5. The van der Waals surface area contributed by atoms with Gasteiger partial charge in [-0.25, -0.2) is 9.97 Å². The van der Waals surface area contributed by atoms with Gasteiger partial charge in [0.1, 0.15) is 5.69 Å². The summed E-state index contributed by atoms with van der Waals surface area (Å²) in [7, 11) is 0. The largest absolute Gasteiger partial charge is 0.319 e. The zero-order chi connectivity index (χ0) is 20.3. The number of para-hydroxylation sites is 1. The highest BCUT2D eigenvalue weighted by Crippen LogP contribution is 2.27. The number of pyridine rings is 1. The fourth-order valence-electron chi connectivity index (χ4n) is 3.95. The lowest BCUT2D eigenvalue weighted by molar-refractivity contribution is 0.102. The van der Waals surface area contributed by atoms with Crippen molar-refractivity contribution in [3.8, 4) is 11.3 Å². The number of likely N-dealkylation sites (tertiary alicyclic amines) is 1. The van der Waals surface area contributed by atoms with Crippen LogP contribution < -0.4 is 5.32 Å². The van der Waals surface area contributed by atoms with Gasteiger partial charge in [0.15, 0.2) is 0 Å². The number of aromatic nitrogens is 2. The number of nitrogens with one attached hydrogen (secondary N) is 1. The molecule has 5 nitrogen and oxygen atoms in total. The summed E-state index contributed by atoms with van der Waals surface area (Å²) in [5, 5.41) is 5.69. The smallest absolute Gasteiger partial charge is 0.275 e. The van der Waals surface area contributed by atoms with Crippen LogP contribution in [-0.2, 0) is 6.54 Å². The second-order valence-corrected chi connectivity index (χ2v) is 8.30. The standard InChI is InChI=1S/C24H22N4OS/c29-24(22-15-30-16-25-22)27-21-8-4-6-18-9-10-20(26-23(18)21)19-7-3-5-17(13-19)14-28-11-1-2-12-28/h3-10,13,15-16H,1-2,11-12,14H2,(H,27,29). The fourth-order valence-corrected chi connectivity index (χ4v) is 4.48. The van der Waals surface area contributed by atoms with E-state index in [4.69, 9.17) is 4.98 Å². The van der Waals surface area contributed by atoms with Crippen LogP contribution in [0.4, 0.5) is 5.69 Å². The molecule has 3 heterocycles. The van der Waals surface area contributed by atoms with E-state index in [9.17, 15) is 4.79 Å². The molecule has 1 saturated heterocycles.